The molecule has 2 aromatic carbocycles. The van der Waals surface area contributed by atoms with Gasteiger partial charge in [-0.25, -0.2) is 9.18 Å². The van der Waals surface area contributed by atoms with Gasteiger partial charge in [-0.1, -0.05) is 41.4 Å². The Morgan fingerprint density at radius 3 is 2.61 bits per heavy atom. The first-order valence-corrected chi connectivity index (χ1v) is 9.23. The fraction of sp³-hybridized carbons (Fsp3) is 0.227. The van der Waals surface area contributed by atoms with E-state index in [1.807, 2.05) is 6.07 Å². The van der Waals surface area contributed by atoms with E-state index in [0.29, 0.717) is 23.6 Å². The molecule has 0 aliphatic carbocycles. The summed E-state index contributed by atoms with van der Waals surface area (Å²) in [7, 11) is 1.22. The third-order valence-corrected chi connectivity index (χ3v) is 4.92. The summed E-state index contributed by atoms with van der Waals surface area (Å²) < 4.78 is 24.6. The topological polar surface area (TPSA) is 51.5 Å². The summed E-state index contributed by atoms with van der Waals surface area (Å²) in [6, 6.07) is 14.7. The number of rotatable bonds is 6. The molecule has 28 heavy (non-hydrogen) atoms. The van der Waals surface area contributed by atoms with E-state index < -0.39 is 11.8 Å². The van der Waals surface area contributed by atoms with E-state index in [0.717, 1.165) is 0 Å². The Morgan fingerprint density at radius 2 is 1.93 bits per heavy atom. The van der Waals surface area contributed by atoms with Gasteiger partial charge in [-0.05, 0) is 43.7 Å². The molecule has 0 saturated heterocycles. The molecule has 3 rings (SSSR count). The van der Waals surface area contributed by atoms with Gasteiger partial charge in [0.25, 0.3) is 0 Å². The number of hydrogen-bond donors (Lipinski definition) is 1. The minimum Gasteiger partial charge on any atom is -0.465 e. The highest BCUT2D eigenvalue weighted by Gasteiger charge is 2.18. The van der Waals surface area contributed by atoms with Crippen molar-refractivity contribution < 1.29 is 18.3 Å². The van der Waals surface area contributed by atoms with E-state index in [-0.39, 0.29) is 16.6 Å². The van der Waals surface area contributed by atoms with Gasteiger partial charge in [0.15, 0.2) is 0 Å². The molecule has 1 N–H and O–H groups in total. The van der Waals surface area contributed by atoms with Crippen LogP contribution in [0.4, 0.5) is 4.39 Å². The van der Waals surface area contributed by atoms with E-state index in [2.05, 4.69) is 48.2 Å². The van der Waals surface area contributed by atoms with Gasteiger partial charge >= 0.3 is 5.97 Å². The van der Waals surface area contributed by atoms with Gasteiger partial charge in [0.05, 0.1) is 24.2 Å². The highest BCUT2D eigenvalue weighted by Crippen LogP contribution is 2.30. The molecule has 1 heterocycles. The number of carbonyl (C=O) groups excluding carboxylic acids is 1. The lowest BCUT2D eigenvalue weighted by atomic mass is 10.1. The van der Waals surface area contributed by atoms with Crippen LogP contribution in [-0.2, 0) is 11.3 Å². The predicted molar refractivity (Wildman–Crippen MR) is 107 cm³/mol. The summed E-state index contributed by atoms with van der Waals surface area (Å²) in [5.74, 6) is -0.265. The van der Waals surface area contributed by atoms with Crippen LogP contribution in [-0.4, -0.2) is 13.1 Å². The highest BCUT2D eigenvalue weighted by molar-refractivity contribution is 6.33. The van der Waals surface area contributed by atoms with Crippen molar-refractivity contribution in [3.63, 3.8) is 0 Å². The molecule has 4 nitrogen and oxygen atoms in total. The van der Waals surface area contributed by atoms with E-state index in [1.165, 1.54) is 30.4 Å². The van der Waals surface area contributed by atoms with Crippen LogP contribution in [0.2, 0.25) is 5.02 Å². The van der Waals surface area contributed by atoms with Gasteiger partial charge < -0.3 is 14.5 Å². The molecule has 0 spiro atoms. The second kappa shape index (κ2) is 8.59. The van der Waals surface area contributed by atoms with Crippen molar-refractivity contribution in [2.75, 3.05) is 7.11 Å². The Bertz CT molecular complexity index is 982. The van der Waals surface area contributed by atoms with Crippen molar-refractivity contribution >= 4 is 17.6 Å². The molecule has 3 aromatic rings. The summed E-state index contributed by atoms with van der Waals surface area (Å²) in [5.41, 5.74) is 2.77. The number of hydrogen-bond acceptors (Lipinski definition) is 4. The fourth-order valence-corrected chi connectivity index (χ4v) is 3.03. The lowest BCUT2D eigenvalue weighted by Crippen LogP contribution is -2.17. The van der Waals surface area contributed by atoms with Crippen molar-refractivity contribution in [2.45, 2.75) is 26.4 Å². The lowest BCUT2D eigenvalue weighted by Gasteiger charge is -2.13. The monoisotopic (exact) mass is 401 g/mol. The molecule has 146 valence electrons. The molecule has 1 aromatic heterocycles. The quantitative estimate of drug-likeness (QED) is 0.539. The van der Waals surface area contributed by atoms with Crippen LogP contribution in [0.1, 0.15) is 40.2 Å². The Hall–Kier alpha value is -2.63. The summed E-state index contributed by atoms with van der Waals surface area (Å²) in [6.07, 6.45) is 0. The van der Waals surface area contributed by atoms with E-state index >= 15 is 0 Å². The first kappa shape index (κ1) is 20.1. The number of carbonyl (C=O) groups is 1. The Labute approximate surface area is 168 Å². The van der Waals surface area contributed by atoms with Crippen LogP contribution in [0.5, 0.6) is 0 Å². The molecule has 0 aliphatic rings. The maximum Gasteiger partial charge on any atom is 0.339 e. The Morgan fingerprint density at radius 1 is 1.21 bits per heavy atom. The van der Waals surface area contributed by atoms with Crippen LogP contribution in [0, 0.1) is 12.7 Å². The van der Waals surface area contributed by atoms with E-state index in [1.54, 1.807) is 6.07 Å². The summed E-state index contributed by atoms with van der Waals surface area (Å²) in [6.45, 7) is 4.64. The van der Waals surface area contributed by atoms with Gasteiger partial charge in [0, 0.05) is 11.6 Å². The van der Waals surface area contributed by atoms with E-state index in [4.69, 9.17) is 16.0 Å². The zero-order valence-corrected chi connectivity index (χ0v) is 16.6. The SMILES string of the molecule is COC(=O)c1cc(-c2ccc(CN[C@H](C)c3ccc(C)cc3)o2)cc(F)c1Cl. The predicted octanol–water partition coefficient (Wildman–Crippen LogP) is 5.68. The van der Waals surface area contributed by atoms with Gasteiger partial charge in [-0.3, -0.25) is 0 Å². The first-order valence-electron chi connectivity index (χ1n) is 8.85. The summed E-state index contributed by atoms with van der Waals surface area (Å²) >= 11 is 5.87. The average Bonchev–Trinajstić information content (AvgIpc) is 3.17. The minimum absolute atomic E-state index is 0.0387. The van der Waals surface area contributed by atoms with Crippen molar-refractivity contribution in [1.29, 1.82) is 0 Å². The summed E-state index contributed by atoms with van der Waals surface area (Å²) in [4.78, 5) is 11.8. The van der Waals surface area contributed by atoms with Crippen LogP contribution < -0.4 is 5.32 Å². The van der Waals surface area contributed by atoms with Crippen molar-refractivity contribution in [2.24, 2.45) is 0 Å². The fourth-order valence-electron chi connectivity index (χ4n) is 2.84. The van der Waals surface area contributed by atoms with Crippen molar-refractivity contribution in [3.8, 4) is 11.3 Å². The Balaban J connectivity index is 1.74. The molecule has 0 aliphatic heterocycles. The standard InChI is InChI=1S/C22H21ClFNO3/c1-13-4-6-15(7-5-13)14(2)25-12-17-8-9-20(28-17)16-10-18(22(26)27-3)21(23)19(24)11-16/h4-11,14,25H,12H2,1-3H3/t14-/m1/s1. The maximum atomic E-state index is 14.1. The van der Waals surface area contributed by atoms with Gasteiger partial charge in [-0.15, -0.1) is 0 Å². The molecule has 1 atom stereocenters. The zero-order chi connectivity index (χ0) is 20.3. The molecule has 0 amide bonds. The smallest absolute Gasteiger partial charge is 0.339 e. The third-order valence-electron chi connectivity index (χ3n) is 4.54. The molecular formula is C22H21ClFNO3. The summed E-state index contributed by atoms with van der Waals surface area (Å²) in [5, 5.41) is 3.13. The number of methoxy groups -OCH3 is 1. The number of aryl methyl sites for hydroxylation is 1. The number of nitrogens with one attached hydrogen (secondary N) is 1. The second-order valence-electron chi connectivity index (χ2n) is 6.59. The largest absolute Gasteiger partial charge is 0.465 e. The molecular weight excluding hydrogens is 381 g/mol. The van der Waals surface area contributed by atoms with Crippen LogP contribution in [0.25, 0.3) is 11.3 Å². The van der Waals surface area contributed by atoms with Gasteiger partial charge in [-0.2, -0.15) is 0 Å². The second-order valence-corrected chi connectivity index (χ2v) is 6.97. The molecule has 0 bridgehead atoms. The number of furan rings is 1. The van der Waals surface area contributed by atoms with Crippen LogP contribution in [0.15, 0.2) is 52.9 Å². The van der Waals surface area contributed by atoms with Crippen LogP contribution >= 0.6 is 11.6 Å². The van der Waals surface area contributed by atoms with Crippen molar-refractivity contribution in [1.82, 2.24) is 5.32 Å². The average molecular weight is 402 g/mol. The molecule has 0 fully saturated rings. The maximum absolute atomic E-state index is 14.1. The van der Waals surface area contributed by atoms with Crippen LogP contribution in [0.3, 0.4) is 0 Å². The molecule has 0 radical (unpaired) electrons. The highest BCUT2D eigenvalue weighted by atomic mass is 35.5. The van der Waals surface area contributed by atoms with E-state index in [9.17, 15) is 9.18 Å². The number of ether oxygens (including phenoxy) is 1. The van der Waals surface area contributed by atoms with Crippen molar-refractivity contribution in [3.05, 3.63) is 81.8 Å². The van der Waals surface area contributed by atoms with Gasteiger partial charge in [0.2, 0.25) is 0 Å². The number of esters is 1. The molecule has 0 unspecified atom stereocenters. The number of halogens is 2. The minimum atomic E-state index is -0.705. The number of benzene rings is 2. The third kappa shape index (κ3) is 4.43. The Kier molecular flexibility index (Phi) is 6.17. The molecule has 6 heteroatoms. The lowest BCUT2D eigenvalue weighted by molar-refractivity contribution is 0.0600. The normalized spacial score (nSPS) is 12.0. The molecule has 0 saturated carbocycles. The first-order chi connectivity index (χ1) is 13.4. The zero-order valence-electron chi connectivity index (χ0n) is 15.9. The van der Waals surface area contributed by atoms with Gasteiger partial charge in [0.1, 0.15) is 17.3 Å².